The minimum absolute atomic E-state index is 0.0251. The number of hydrogen-bond acceptors (Lipinski definition) is 6. The van der Waals surface area contributed by atoms with Gasteiger partial charge in [0.1, 0.15) is 0 Å². The van der Waals surface area contributed by atoms with Gasteiger partial charge in [0.25, 0.3) is 0 Å². The van der Waals surface area contributed by atoms with Crippen molar-refractivity contribution in [2.24, 2.45) is 0 Å². The average molecular weight is 422 g/mol. The van der Waals surface area contributed by atoms with Gasteiger partial charge in [0.15, 0.2) is 0 Å². The number of nitrogens with one attached hydrogen (secondary N) is 2. The molecule has 0 aromatic carbocycles. The highest BCUT2D eigenvalue weighted by Crippen LogP contribution is 2.18. The van der Waals surface area contributed by atoms with E-state index < -0.39 is 5.97 Å². The molecule has 1 unspecified atom stereocenters. The predicted molar refractivity (Wildman–Crippen MR) is 111 cm³/mol. The predicted octanol–water partition coefficient (Wildman–Crippen LogP) is -0.424. The van der Waals surface area contributed by atoms with Gasteiger partial charge < -0.3 is 20.6 Å². The topological polar surface area (TPSA) is 105 Å². The summed E-state index contributed by atoms with van der Waals surface area (Å²) in [5, 5.41) is 14.2. The Hall–Kier alpha value is -1.71. The summed E-state index contributed by atoms with van der Waals surface area (Å²) in [6.07, 6.45) is 3.71. The third-order valence-electron chi connectivity index (χ3n) is 5.70. The monoisotopic (exact) mass is 422 g/mol. The van der Waals surface area contributed by atoms with Crippen molar-refractivity contribution in [2.75, 3.05) is 66.0 Å². The normalized spacial score (nSPS) is 21.2. The van der Waals surface area contributed by atoms with E-state index in [0.717, 1.165) is 52.1 Å². The summed E-state index contributed by atoms with van der Waals surface area (Å²) in [5.74, 6) is -0.931. The van der Waals surface area contributed by atoms with Crippen LogP contribution in [0.25, 0.3) is 0 Å². The number of rotatable bonds is 12. The van der Waals surface area contributed by atoms with Crippen LogP contribution in [0.4, 0.5) is 0 Å². The number of aliphatic carboxylic acids is 1. The highest BCUT2D eigenvalue weighted by Gasteiger charge is 2.28. The van der Waals surface area contributed by atoms with Crippen LogP contribution in [0, 0.1) is 0 Å². The molecule has 2 aliphatic rings. The van der Waals surface area contributed by atoms with Crippen molar-refractivity contribution in [3.05, 3.63) is 0 Å². The van der Waals surface area contributed by atoms with Crippen LogP contribution in [-0.2, 0) is 14.4 Å². The quantitative estimate of drug-likeness (QED) is 0.223. The molecule has 29 heavy (non-hydrogen) atoms. The summed E-state index contributed by atoms with van der Waals surface area (Å²) < 4.78 is 0. The molecule has 3 N–H and O–H groups in total. The Morgan fingerprint density at radius 1 is 0.931 bits per heavy atom. The third-order valence-corrected chi connectivity index (χ3v) is 5.70. The fourth-order valence-electron chi connectivity index (χ4n) is 3.91. The van der Waals surface area contributed by atoms with E-state index in [1.165, 1.54) is 0 Å². The zero-order chi connectivity index (χ0) is 21.1. The summed E-state index contributed by atoms with van der Waals surface area (Å²) in [6.45, 7) is 7.74. The average Bonchev–Trinajstić information content (AvgIpc) is 3.10. The van der Waals surface area contributed by atoms with Gasteiger partial charge in [0.05, 0.1) is 6.54 Å². The standard InChI is InChI=1S/C20H37N5O4/c1-23-11-13-24(14-12-23)15-17-5-4-10-25(17)16-19(27)22-8-2-6-18(26)21-9-3-7-20(28)29/h17H,2-16H2,1H3,(H,21,26)(H,22,27)(H,28,29)/i4+1,5+1,6+1,7+1,10+1,13+1,15+1,17+1,23+1,24+1,25+1. The van der Waals surface area contributed by atoms with Crippen molar-refractivity contribution in [2.45, 2.75) is 44.6 Å². The van der Waals surface area contributed by atoms with Crippen molar-refractivity contribution in [1.82, 2.24) is 25.3 Å². The number of carbonyl (C=O) groups excluding carboxylic acids is 2. The minimum Gasteiger partial charge on any atom is -0.481 e. The van der Waals surface area contributed by atoms with Crippen LogP contribution < -0.4 is 10.6 Å². The summed E-state index contributed by atoms with van der Waals surface area (Å²) in [6, 6.07) is 0.459. The first-order chi connectivity index (χ1) is 13.9. The number of amides is 2. The SMILES string of the molecule is C[15N]1CC[15N]([13CH2][13CH]2[13CH2][13CH2][13CH2][15N]2CC(=O)NCC[13CH2]C(=O)NCC[13CH2]C(=O)O)[13CH2]C1. The molecule has 2 rings (SSSR count). The van der Waals surface area contributed by atoms with Crippen molar-refractivity contribution in [3.8, 4) is 0 Å². The number of nitrogens with zero attached hydrogens (tertiary/aromatic N) is 3. The Labute approximate surface area is 173 Å². The molecular formula is C20H37N5O4. The van der Waals surface area contributed by atoms with Crippen molar-refractivity contribution in [3.63, 3.8) is 0 Å². The van der Waals surface area contributed by atoms with Gasteiger partial charge in [-0.25, -0.2) is 0 Å². The lowest BCUT2D eigenvalue weighted by Crippen LogP contribution is -2.50. The number of carboxylic acid groups (broad SMARTS) is 1. The second-order valence-corrected chi connectivity index (χ2v) is 8.17. The lowest BCUT2D eigenvalue weighted by molar-refractivity contribution is -0.137. The molecule has 0 spiro atoms. The van der Waals surface area contributed by atoms with Crippen LogP contribution in [0.2, 0.25) is 0 Å². The molecule has 0 saturated carbocycles. The highest BCUT2D eigenvalue weighted by atomic mass is 16.4. The molecule has 0 radical (unpaired) electrons. The van der Waals surface area contributed by atoms with Crippen LogP contribution >= 0.6 is 0 Å². The van der Waals surface area contributed by atoms with E-state index in [0.29, 0.717) is 44.9 Å². The molecule has 0 aromatic rings. The van der Waals surface area contributed by atoms with Crippen LogP contribution in [0.5, 0.6) is 0 Å². The molecule has 166 valence electrons. The first kappa shape index (κ1) is 23.6. The number of likely N-dealkylation sites (tertiary alicyclic amines) is 1. The van der Waals surface area contributed by atoms with Gasteiger partial charge >= 0.3 is 5.97 Å². The molecule has 2 heterocycles. The molecule has 9 heteroatoms. The fraction of sp³-hybridized carbons (Fsp3) is 0.850. The zero-order valence-electron chi connectivity index (χ0n) is 17.7. The molecule has 2 aliphatic heterocycles. The Kier molecular flexibility index (Phi) is 10.4. The van der Waals surface area contributed by atoms with Crippen LogP contribution in [0.3, 0.4) is 0 Å². The van der Waals surface area contributed by atoms with E-state index >= 15 is 0 Å². The maximum absolute atomic E-state index is 12.3. The molecule has 9 nitrogen and oxygen atoms in total. The van der Waals surface area contributed by atoms with Crippen molar-refractivity contribution >= 4 is 17.8 Å². The van der Waals surface area contributed by atoms with Crippen molar-refractivity contribution < 1.29 is 19.5 Å². The maximum Gasteiger partial charge on any atom is 0.303 e. The zero-order valence-corrected chi connectivity index (χ0v) is 17.7. The second kappa shape index (κ2) is 12.8. The molecule has 0 aliphatic carbocycles. The highest BCUT2D eigenvalue weighted by molar-refractivity contribution is 5.78. The second-order valence-electron chi connectivity index (χ2n) is 8.17. The fourth-order valence-corrected chi connectivity index (χ4v) is 3.91. The molecule has 0 aromatic heterocycles. The van der Waals surface area contributed by atoms with E-state index in [1.54, 1.807) is 0 Å². The molecule has 1 atom stereocenters. The number of carboxylic acids is 1. The van der Waals surface area contributed by atoms with E-state index in [2.05, 4.69) is 32.4 Å². The lowest BCUT2D eigenvalue weighted by Gasteiger charge is -2.36. The van der Waals surface area contributed by atoms with Gasteiger partial charge in [-0.05, 0) is 39.3 Å². The third kappa shape index (κ3) is 9.56. The first-order valence-electron chi connectivity index (χ1n) is 10.8. The summed E-state index contributed by atoms with van der Waals surface area (Å²) in [5.41, 5.74) is 0. The maximum atomic E-state index is 12.3. The molecule has 2 fully saturated rings. The van der Waals surface area contributed by atoms with Gasteiger partial charge in [-0.2, -0.15) is 0 Å². The van der Waals surface area contributed by atoms with Crippen molar-refractivity contribution in [1.29, 1.82) is 0 Å². The van der Waals surface area contributed by atoms with Gasteiger partial charge in [-0.1, -0.05) is 0 Å². The Morgan fingerprint density at radius 3 is 2.28 bits per heavy atom. The number of piperazine rings is 1. The molecule has 0 bridgehead atoms. The number of hydrogen-bond donors (Lipinski definition) is 3. The lowest BCUT2D eigenvalue weighted by atomic mass is 10.4. The van der Waals surface area contributed by atoms with Gasteiger partial charge in [-0.3, -0.25) is 24.2 Å². The minimum atomic E-state index is -0.856. The van der Waals surface area contributed by atoms with E-state index in [-0.39, 0.29) is 18.2 Å². The Morgan fingerprint density at radius 2 is 1.59 bits per heavy atom. The first-order valence-corrected chi connectivity index (χ1v) is 10.8. The Bertz CT molecular complexity index is 537. The molecule has 2 saturated heterocycles. The smallest absolute Gasteiger partial charge is 0.303 e. The largest absolute Gasteiger partial charge is 0.481 e. The Balaban J connectivity index is 1.55. The number of carbonyl (C=O) groups is 3. The van der Waals surface area contributed by atoms with E-state index in [1.807, 2.05) is 0 Å². The van der Waals surface area contributed by atoms with Gasteiger partial charge in [0, 0.05) is 64.7 Å². The number of likely N-dealkylation sites (N-methyl/N-ethyl adjacent to an activating group) is 1. The van der Waals surface area contributed by atoms with Gasteiger partial charge in [-0.15, -0.1) is 0 Å². The molecular weight excluding hydrogens is 385 g/mol. The van der Waals surface area contributed by atoms with E-state index in [4.69, 9.17) is 5.11 Å². The summed E-state index contributed by atoms with van der Waals surface area (Å²) >= 11 is 0. The van der Waals surface area contributed by atoms with Crippen LogP contribution in [0.1, 0.15) is 38.5 Å². The van der Waals surface area contributed by atoms with Crippen LogP contribution in [0.15, 0.2) is 0 Å². The summed E-state index contributed by atoms with van der Waals surface area (Å²) in [7, 11) is 2.16. The summed E-state index contributed by atoms with van der Waals surface area (Å²) in [4.78, 5) is 41.5. The van der Waals surface area contributed by atoms with Gasteiger partial charge in [0.2, 0.25) is 11.8 Å². The van der Waals surface area contributed by atoms with Crippen LogP contribution in [-0.4, -0.2) is 110 Å². The van der Waals surface area contributed by atoms with E-state index in [9.17, 15) is 14.4 Å². The molecule has 2 amide bonds.